The SMILES string of the molecule is CC(C)(C)c1cc(C(=O)O)c(C(C)(C)C)c(C(C)(C)C)c1C(C)(C)C. The van der Waals surface area contributed by atoms with E-state index in [0.29, 0.717) is 5.56 Å². The molecule has 25 heavy (non-hydrogen) atoms. The van der Waals surface area contributed by atoms with Gasteiger partial charge in [0, 0.05) is 0 Å². The zero-order valence-electron chi connectivity index (χ0n) is 18.4. The molecular formula is C23H38O2. The third-order valence-electron chi connectivity index (χ3n) is 4.62. The normalized spacial score (nSPS) is 13.9. The molecule has 2 nitrogen and oxygen atoms in total. The van der Waals surface area contributed by atoms with Crippen molar-refractivity contribution in [2.75, 3.05) is 0 Å². The van der Waals surface area contributed by atoms with Crippen molar-refractivity contribution in [2.24, 2.45) is 0 Å². The van der Waals surface area contributed by atoms with E-state index in [1.807, 2.05) is 6.07 Å². The lowest BCUT2D eigenvalue weighted by Gasteiger charge is -2.41. The van der Waals surface area contributed by atoms with Crippen LogP contribution in [0.5, 0.6) is 0 Å². The van der Waals surface area contributed by atoms with Crippen LogP contribution in [0.1, 0.15) is 116 Å². The van der Waals surface area contributed by atoms with Crippen LogP contribution in [-0.2, 0) is 21.7 Å². The average molecular weight is 347 g/mol. The summed E-state index contributed by atoms with van der Waals surface area (Å²) in [6.45, 7) is 26.2. The quantitative estimate of drug-likeness (QED) is 0.624. The molecule has 1 aromatic rings. The molecule has 1 rings (SSSR count). The summed E-state index contributed by atoms with van der Waals surface area (Å²) in [5.74, 6) is -0.832. The molecule has 0 heterocycles. The number of benzene rings is 1. The van der Waals surface area contributed by atoms with E-state index in [4.69, 9.17) is 0 Å². The molecule has 0 aromatic heterocycles. The van der Waals surface area contributed by atoms with E-state index in [9.17, 15) is 9.90 Å². The molecule has 0 fully saturated rings. The number of hydrogen-bond donors (Lipinski definition) is 1. The Morgan fingerprint density at radius 2 is 1.00 bits per heavy atom. The van der Waals surface area contributed by atoms with Crippen molar-refractivity contribution in [1.82, 2.24) is 0 Å². The molecule has 0 aliphatic rings. The minimum absolute atomic E-state index is 0.0672. The molecule has 0 aliphatic heterocycles. The Bertz CT molecular complexity index is 666. The van der Waals surface area contributed by atoms with Crippen LogP contribution in [0.25, 0.3) is 0 Å². The maximum Gasteiger partial charge on any atom is 0.336 e. The zero-order chi connectivity index (χ0) is 20.2. The zero-order valence-corrected chi connectivity index (χ0v) is 18.4. The Hall–Kier alpha value is -1.31. The first-order valence-electron chi connectivity index (χ1n) is 9.26. The van der Waals surface area contributed by atoms with Gasteiger partial charge in [-0.2, -0.15) is 0 Å². The Labute approximate surface area is 155 Å². The van der Waals surface area contributed by atoms with Gasteiger partial charge < -0.3 is 5.11 Å². The number of carboxylic acid groups (broad SMARTS) is 1. The number of rotatable bonds is 1. The van der Waals surface area contributed by atoms with Crippen molar-refractivity contribution in [3.05, 3.63) is 33.9 Å². The summed E-state index contributed by atoms with van der Waals surface area (Å²) in [5, 5.41) is 10.0. The van der Waals surface area contributed by atoms with Gasteiger partial charge in [-0.3, -0.25) is 0 Å². The van der Waals surface area contributed by atoms with E-state index >= 15 is 0 Å². The van der Waals surface area contributed by atoms with Gasteiger partial charge >= 0.3 is 5.97 Å². The van der Waals surface area contributed by atoms with Crippen molar-refractivity contribution >= 4 is 5.97 Å². The average Bonchev–Trinajstić information content (AvgIpc) is 2.31. The van der Waals surface area contributed by atoms with Crippen molar-refractivity contribution < 1.29 is 9.90 Å². The molecule has 0 radical (unpaired) electrons. The van der Waals surface area contributed by atoms with Crippen LogP contribution in [0.15, 0.2) is 6.07 Å². The van der Waals surface area contributed by atoms with Crippen LogP contribution in [-0.4, -0.2) is 11.1 Å². The van der Waals surface area contributed by atoms with Gasteiger partial charge in [0.15, 0.2) is 0 Å². The summed E-state index contributed by atoms with van der Waals surface area (Å²) in [6.07, 6.45) is 0. The highest BCUT2D eigenvalue weighted by Gasteiger charge is 2.38. The van der Waals surface area contributed by atoms with Crippen LogP contribution in [0.2, 0.25) is 0 Å². The fraction of sp³-hybridized carbons (Fsp3) is 0.696. The Balaban J connectivity index is 4.36. The molecule has 0 bridgehead atoms. The van der Waals surface area contributed by atoms with Gasteiger partial charge in [-0.1, -0.05) is 83.1 Å². The van der Waals surface area contributed by atoms with Gasteiger partial charge in [-0.05, 0) is 50.0 Å². The van der Waals surface area contributed by atoms with Crippen molar-refractivity contribution in [2.45, 2.75) is 105 Å². The number of carboxylic acids is 1. The fourth-order valence-electron chi connectivity index (χ4n) is 3.75. The van der Waals surface area contributed by atoms with Gasteiger partial charge in [-0.15, -0.1) is 0 Å². The predicted molar refractivity (Wildman–Crippen MR) is 108 cm³/mol. The Morgan fingerprint density at radius 3 is 1.24 bits per heavy atom. The van der Waals surface area contributed by atoms with Gasteiger partial charge in [0.25, 0.3) is 0 Å². The van der Waals surface area contributed by atoms with Crippen LogP contribution in [0.3, 0.4) is 0 Å². The molecule has 0 amide bonds. The van der Waals surface area contributed by atoms with Crippen molar-refractivity contribution in [3.63, 3.8) is 0 Å². The second kappa shape index (κ2) is 6.14. The smallest absolute Gasteiger partial charge is 0.336 e. The summed E-state index contributed by atoms with van der Waals surface area (Å²) >= 11 is 0. The summed E-state index contributed by atoms with van der Waals surface area (Å²) in [7, 11) is 0. The maximum absolute atomic E-state index is 12.2. The molecule has 0 aliphatic carbocycles. The lowest BCUT2D eigenvalue weighted by molar-refractivity contribution is 0.0693. The molecule has 2 heteroatoms. The highest BCUT2D eigenvalue weighted by atomic mass is 16.4. The minimum Gasteiger partial charge on any atom is -0.478 e. The van der Waals surface area contributed by atoms with Crippen LogP contribution in [0.4, 0.5) is 0 Å². The monoisotopic (exact) mass is 346 g/mol. The fourth-order valence-corrected chi connectivity index (χ4v) is 3.75. The summed E-state index contributed by atoms with van der Waals surface area (Å²) in [4.78, 5) is 12.2. The Kier molecular flexibility index (Phi) is 5.34. The van der Waals surface area contributed by atoms with Crippen molar-refractivity contribution in [3.8, 4) is 0 Å². The topological polar surface area (TPSA) is 37.3 Å². The molecule has 0 unspecified atom stereocenters. The first-order valence-corrected chi connectivity index (χ1v) is 9.26. The number of carbonyl (C=O) groups is 1. The summed E-state index contributed by atoms with van der Waals surface area (Å²) in [5.41, 5.74) is 4.52. The molecule has 142 valence electrons. The first kappa shape index (κ1) is 21.7. The Morgan fingerprint density at radius 1 is 0.640 bits per heavy atom. The number of aromatic carboxylic acids is 1. The van der Waals surface area contributed by atoms with E-state index in [0.717, 1.165) is 11.1 Å². The largest absolute Gasteiger partial charge is 0.478 e. The molecule has 0 saturated carbocycles. The van der Waals surface area contributed by atoms with Crippen molar-refractivity contribution in [1.29, 1.82) is 0 Å². The minimum atomic E-state index is -0.832. The molecule has 0 atom stereocenters. The van der Waals surface area contributed by atoms with Crippen LogP contribution in [0, 0.1) is 0 Å². The second-order valence-corrected chi connectivity index (χ2v) is 11.4. The van der Waals surface area contributed by atoms with E-state index in [-0.39, 0.29) is 21.7 Å². The highest BCUT2D eigenvalue weighted by Crippen LogP contribution is 2.46. The third-order valence-corrected chi connectivity index (χ3v) is 4.62. The maximum atomic E-state index is 12.2. The van der Waals surface area contributed by atoms with E-state index in [2.05, 4.69) is 83.1 Å². The van der Waals surface area contributed by atoms with Gasteiger partial charge in [-0.25, -0.2) is 4.79 Å². The highest BCUT2D eigenvalue weighted by molar-refractivity contribution is 5.91. The van der Waals surface area contributed by atoms with E-state index < -0.39 is 5.97 Å². The third kappa shape index (κ3) is 4.46. The molecule has 0 saturated heterocycles. The molecular weight excluding hydrogens is 308 g/mol. The molecule has 1 aromatic carbocycles. The van der Waals surface area contributed by atoms with E-state index in [1.165, 1.54) is 11.1 Å². The predicted octanol–water partition coefficient (Wildman–Crippen LogP) is 6.57. The second-order valence-electron chi connectivity index (χ2n) is 11.4. The van der Waals surface area contributed by atoms with Gasteiger partial charge in [0.2, 0.25) is 0 Å². The first-order chi connectivity index (χ1) is 10.8. The lowest BCUT2D eigenvalue weighted by atomic mass is 9.63. The van der Waals surface area contributed by atoms with E-state index in [1.54, 1.807) is 0 Å². The number of hydrogen-bond acceptors (Lipinski definition) is 1. The summed E-state index contributed by atoms with van der Waals surface area (Å²) in [6, 6.07) is 1.94. The van der Waals surface area contributed by atoms with Crippen LogP contribution < -0.4 is 0 Å². The standard InChI is InChI=1S/C23H38O2/c1-20(2,3)15-13-14(19(24)25)16(21(4,5)6)18(23(10,11)12)17(15)22(7,8)9/h13H,1-12H3,(H,24,25). The lowest BCUT2D eigenvalue weighted by Crippen LogP contribution is -2.34. The van der Waals surface area contributed by atoms with Gasteiger partial charge in [0.1, 0.15) is 0 Å². The molecule has 0 spiro atoms. The van der Waals surface area contributed by atoms with Gasteiger partial charge in [0.05, 0.1) is 5.56 Å². The van der Waals surface area contributed by atoms with Crippen LogP contribution >= 0.6 is 0 Å². The summed E-state index contributed by atoms with van der Waals surface area (Å²) < 4.78 is 0. The molecule has 1 N–H and O–H groups in total.